The first-order valence-corrected chi connectivity index (χ1v) is 9.72. The zero-order valence-electron chi connectivity index (χ0n) is 16.2. The van der Waals surface area contributed by atoms with Crippen LogP contribution in [0.4, 0.5) is 0 Å². The number of hydrogen-bond donors (Lipinski definition) is 1. The van der Waals surface area contributed by atoms with Crippen molar-refractivity contribution in [2.75, 3.05) is 6.54 Å². The van der Waals surface area contributed by atoms with Gasteiger partial charge in [0.2, 0.25) is 11.7 Å². The van der Waals surface area contributed by atoms with Crippen LogP contribution in [0.5, 0.6) is 5.88 Å². The summed E-state index contributed by atoms with van der Waals surface area (Å²) in [5, 5.41) is 22.4. The molecule has 5 aromatic rings. The number of ether oxygens (including phenoxy) is 1. The predicted octanol–water partition coefficient (Wildman–Crippen LogP) is 2.12. The van der Waals surface area contributed by atoms with E-state index in [2.05, 4.69) is 35.3 Å². The molecule has 0 radical (unpaired) electrons. The van der Waals surface area contributed by atoms with E-state index in [0.29, 0.717) is 35.4 Å². The molecule has 1 N–H and O–H groups in total. The number of aryl methyl sites for hydroxylation is 1. The maximum atomic E-state index is 6.13. The topological polar surface area (TPSA) is 108 Å². The van der Waals surface area contributed by atoms with Crippen molar-refractivity contribution in [2.45, 2.75) is 26.6 Å². The zero-order chi connectivity index (χ0) is 20.1. The lowest BCUT2D eigenvalue weighted by atomic mass is 10.2. The van der Waals surface area contributed by atoms with Gasteiger partial charge in [0.15, 0.2) is 11.3 Å². The van der Waals surface area contributed by atoms with Crippen molar-refractivity contribution in [3.63, 3.8) is 0 Å². The molecule has 0 bridgehead atoms. The number of rotatable bonds is 4. The molecule has 0 fully saturated rings. The Morgan fingerprint density at radius 2 is 2.10 bits per heavy atom. The number of nitrogens with zero attached hydrogens (tertiary/aromatic N) is 7. The summed E-state index contributed by atoms with van der Waals surface area (Å²) in [5.74, 6) is 2.71. The molecule has 1 aliphatic heterocycles. The van der Waals surface area contributed by atoms with Crippen LogP contribution in [-0.4, -0.2) is 41.1 Å². The summed E-state index contributed by atoms with van der Waals surface area (Å²) in [7, 11) is 0. The molecule has 4 aromatic heterocycles. The van der Waals surface area contributed by atoms with Gasteiger partial charge in [-0.05, 0) is 13.0 Å². The minimum absolute atomic E-state index is 0.322. The lowest BCUT2D eigenvalue weighted by Crippen LogP contribution is -2.27. The third-order valence-electron chi connectivity index (χ3n) is 5.17. The molecule has 0 unspecified atom stereocenters. The van der Waals surface area contributed by atoms with E-state index in [4.69, 9.17) is 9.26 Å². The fourth-order valence-corrected chi connectivity index (χ4v) is 3.75. The van der Waals surface area contributed by atoms with Crippen molar-refractivity contribution in [1.82, 2.24) is 39.8 Å². The quantitative estimate of drug-likeness (QED) is 0.487. The molecule has 0 saturated carbocycles. The number of hydrogen-bond acceptors (Lipinski definition) is 8. The number of benzene rings is 1. The van der Waals surface area contributed by atoms with Gasteiger partial charge in [0.1, 0.15) is 18.2 Å². The highest BCUT2D eigenvalue weighted by Gasteiger charge is 2.19. The maximum absolute atomic E-state index is 6.13. The number of aromatic nitrogens is 7. The number of imidazole rings is 1. The maximum Gasteiger partial charge on any atom is 0.240 e. The molecule has 10 heteroatoms. The smallest absolute Gasteiger partial charge is 0.240 e. The average molecular weight is 402 g/mol. The molecular formula is C20H18N8O2. The fourth-order valence-electron chi connectivity index (χ4n) is 3.75. The lowest BCUT2D eigenvalue weighted by molar-refractivity contribution is 0.289. The molecule has 1 aliphatic rings. The molecule has 5 heterocycles. The molecule has 10 nitrogen and oxygen atoms in total. The van der Waals surface area contributed by atoms with Crippen LogP contribution in [0.1, 0.15) is 17.3 Å². The van der Waals surface area contributed by atoms with Gasteiger partial charge in [0, 0.05) is 36.1 Å². The standard InChI is InChI=1S/C20H18N8O2/c1-12-8-16(26-30-12)19-24-23-18-14-4-2-3-5-15(14)20(25-28(18)19)29-11-13-10-27-7-6-21-9-17(27)22-13/h2-5,8,10,21H,6-7,9,11H2,1H3. The zero-order valence-corrected chi connectivity index (χ0v) is 16.2. The van der Waals surface area contributed by atoms with E-state index in [1.165, 1.54) is 0 Å². The van der Waals surface area contributed by atoms with Gasteiger partial charge in [0.25, 0.3) is 0 Å². The Kier molecular flexibility index (Phi) is 3.78. The molecule has 0 amide bonds. The van der Waals surface area contributed by atoms with Crippen LogP contribution in [0.25, 0.3) is 27.9 Å². The van der Waals surface area contributed by atoms with Crippen LogP contribution in [-0.2, 0) is 19.7 Å². The molecule has 150 valence electrons. The minimum Gasteiger partial charge on any atom is -0.470 e. The first-order chi connectivity index (χ1) is 14.8. The van der Waals surface area contributed by atoms with E-state index < -0.39 is 0 Å². The summed E-state index contributed by atoms with van der Waals surface area (Å²) in [5.41, 5.74) is 2.08. The summed E-state index contributed by atoms with van der Waals surface area (Å²) < 4.78 is 15.1. The van der Waals surface area contributed by atoms with Gasteiger partial charge < -0.3 is 19.1 Å². The van der Waals surface area contributed by atoms with Crippen molar-refractivity contribution in [2.24, 2.45) is 0 Å². The van der Waals surface area contributed by atoms with Gasteiger partial charge >= 0.3 is 0 Å². The predicted molar refractivity (Wildman–Crippen MR) is 107 cm³/mol. The second kappa shape index (κ2) is 6.63. The highest BCUT2D eigenvalue weighted by Crippen LogP contribution is 2.29. The third-order valence-corrected chi connectivity index (χ3v) is 5.17. The summed E-state index contributed by atoms with van der Waals surface area (Å²) in [6, 6.07) is 9.66. The van der Waals surface area contributed by atoms with Gasteiger partial charge in [-0.3, -0.25) is 0 Å². The first-order valence-electron chi connectivity index (χ1n) is 9.72. The molecule has 30 heavy (non-hydrogen) atoms. The Balaban J connectivity index is 1.43. The molecule has 1 aromatic carbocycles. The summed E-state index contributed by atoms with van der Waals surface area (Å²) in [6.07, 6.45) is 2.04. The van der Waals surface area contributed by atoms with Crippen LogP contribution >= 0.6 is 0 Å². The largest absolute Gasteiger partial charge is 0.470 e. The monoisotopic (exact) mass is 402 g/mol. The Labute approximate surface area is 170 Å². The average Bonchev–Trinajstić information content (AvgIpc) is 3.49. The molecule has 6 rings (SSSR count). The van der Waals surface area contributed by atoms with Gasteiger partial charge in [-0.1, -0.05) is 23.4 Å². The van der Waals surface area contributed by atoms with Crippen molar-refractivity contribution < 1.29 is 9.26 Å². The second-order valence-corrected chi connectivity index (χ2v) is 7.24. The Hall–Kier alpha value is -3.79. The molecule has 0 saturated heterocycles. The molecule has 0 aliphatic carbocycles. The van der Waals surface area contributed by atoms with Crippen molar-refractivity contribution in [3.05, 3.63) is 53.8 Å². The van der Waals surface area contributed by atoms with E-state index >= 15 is 0 Å². The summed E-state index contributed by atoms with van der Waals surface area (Å²) in [4.78, 5) is 4.66. The van der Waals surface area contributed by atoms with Crippen LogP contribution < -0.4 is 10.1 Å². The van der Waals surface area contributed by atoms with E-state index in [0.717, 1.165) is 41.9 Å². The normalized spacial score (nSPS) is 13.8. The molecule has 0 atom stereocenters. The Morgan fingerprint density at radius 1 is 1.20 bits per heavy atom. The second-order valence-electron chi connectivity index (χ2n) is 7.24. The Morgan fingerprint density at radius 3 is 2.93 bits per heavy atom. The number of fused-ring (bicyclic) bond motifs is 4. The highest BCUT2D eigenvalue weighted by atomic mass is 16.5. The van der Waals surface area contributed by atoms with Crippen molar-refractivity contribution >= 4 is 16.4 Å². The molecule has 0 spiro atoms. The van der Waals surface area contributed by atoms with Crippen molar-refractivity contribution in [1.29, 1.82) is 0 Å². The van der Waals surface area contributed by atoms with Crippen LogP contribution in [0.2, 0.25) is 0 Å². The lowest BCUT2D eigenvalue weighted by Gasteiger charge is -2.13. The summed E-state index contributed by atoms with van der Waals surface area (Å²) >= 11 is 0. The van der Waals surface area contributed by atoms with E-state index in [-0.39, 0.29) is 0 Å². The minimum atomic E-state index is 0.322. The fraction of sp³-hybridized carbons (Fsp3) is 0.250. The van der Waals surface area contributed by atoms with Gasteiger partial charge in [-0.2, -0.15) is 4.52 Å². The Bertz CT molecular complexity index is 1360. The van der Waals surface area contributed by atoms with E-state index in [9.17, 15) is 0 Å². The van der Waals surface area contributed by atoms with Crippen LogP contribution in [0.3, 0.4) is 0 Å². The van der Waals surface area contributed by atoms with Crippen LogP contribution in [0.15, 0.2) is 41.1 Å². The third kappa shape index (κ3) is 2.72. The van der Waals surface area contributed by atoms with Crippen molar-refractivity contribution in [3.8, 4) is 17.4 Å². The SMILES string of the molecule is Cc1cc(-c2nnc3c4ccccc4c(OCc4cn5c(n4)CNCC5)nn23)no1. The molecular weight excluding hydrogens is 384 g/mol. The van der Waals surface area contributed by atoms with Crippen LogP contribution in [0, 0.1) is 6.92 Å². The number of nitrogens with one attached hydrogen (secondary N) is 1. The van der Waals surface area contributed by atoms with Gasteiger partial charge in [-0.25, -0.2) is 4.98 Å². The summed E-state index contributed by atoms with van der Waals surface area (Å²) in [6.45, 7) is 4.79. The first kappa shape index (κ1) is 17.1. The van der Waals surface area contributed by atoms with Gasteiger partial charge in [-0.15, -0.1) is 15.3 Å². The van der Waals surface area contributed by atoms with E-state index in [1.54, 1.807) is 10.6 Å². The van der Waals surface area contributed by atoms with Gasteiger partial charge in [0.05, 0.1) is 12.2 Å². The highest BCUT2D eigenvalue weighted by molar-refractivity contribution is 5.96. The van der Waals surface area contributed by atoms with E-state index in [1.807, 2.05) is 37.4 Å².